The van der Waals surface area contributed by atoms with Gasteiger partial charge in [-0.2, -0.15) is 0 Å². The maximum atomic E-state index is 5.95. The van der Waals surface area contributed by atoms with E-state index in [9.17, 15) is 0 Å². The highest BCUT2D eigenvalue weighted by atomic mass is 16.3. The van der Waals surface area contributed by atoms with Crippen LogP contribution >= 0.6 is 0 Å². The summed E-state index contributed by atoms with van der Waals surface area (Å²) in [5, 5.41) is 4.48. The van der Waals surface area contributed by atoms with Crippen LogP contribution in [0.5, 0.6) is 0 Å². The predicted molar refractivity (Wildman–Crippen MR) is 87.6 cm³/mol. The number of fused-ring (bicyclic) bond motifs is 1. The first-order valence-corrected chi connectivity index (χ1v) is 7.53. The van der Waals surface area contributed by atoms with E-state index in [1.54, 1.807) is 0 Å². The van der Waals surface area contributed by atoms with Crippen LogP contribution in [0, 0.1) is 0 Å². The van der Waals surface area contributed by atoms with Gasteiger partial charge in [0.05, 0.1) is 6.04 Å². The van der Waals surface area contributed by atoms with Gasteiger partial charge in [0.2, 0.25) is 0 Å². The summed E-state index contributed by atoms with van der Waals surface area (Å²) in [7, 11) is 1.97. The topological polar surface area (TPSA) is 25.2 Å². The van der Waals surface area contributed by atoms with E-state index in [0.717, 1.165) is 24.2 Å². The third kappa shape index (κ3) is 3.01. The molecule has 2 aromatic carbocycles. The van der Waals surface area contributed by atoms with Crippen LogP contribution in [0.1, 0.15) is 36.3 Å². The molecule has 0 radical (unpaired) electrons. The molecule has 3 rings (SSSR count). The summed E-state index contributed by atoms with van der Waals surface area (Å²) < 4.78 is 5.95. The Kier molecular flexibility index (Phi) is 4.07. The Bertz CT molecular complexity index is 711. The summed E-state index contributed by atoms with van der Waals surface area (Å²) in [6.45, 7) is 2.16. The van der Waals surface area contributed by atoms with Crippen molar-refractivity contribution in [1.29, 1.82) is 0 Å². The van der Waals surface area contributed by atoms with Gasteiger partial charge in [-0.05, 0) is 49.2 Å². The Morgan fingerprint density at radius 1 is 1.00 bits per heavy atom. The van der Waals surface area contributed by atoms with Crippen molar-refractivity contribution < 1.29 is 4.42 Å². The molecule has 21 heavy (non-hydrogen) atoms. The molecule has 0 aliphatic heterocycles. The van der Waals surface area contributed by atoms with Gasteiger partial charge in [0.25, 0.3) is 0 Å². The molecule has 0 aliphatic rings. The molecule has 0 aliphatic carbocycles. The first-order valence-electron chi connectivity index (χ1n) is 7.53. The fourth-order valence-corrected chi connectivity index (χ4v) is 2.77. The Labute approximate surface area is 125 Å². The third-order valence-electron chi connectivity index (χ3n) is 3.95. The molecule has 108 valence electrons. The van der Waals surface area contributed by atoms with Crippen molar-refractivity contribution in [2.75, 3.05) is 7.05 Å². The summed E-state index contributed by atoms with van der Waals surface area (Å²) in [5.41, 5.74) is 3.62. The van der Waals surface area contributed by atoms with Gasteiger partial charge in [0.15, 0.2) is 0 Å². The van der Waals surface area contributed by atoms with Gasteiger partial charge in [-0.15, -0.1) is 0 Å². The van der Waals surface area contributed by atoms with Gasteiger partial charge in [-0.1, -0.05) is 43.3 Å². The molecule has 0 saturated carbocycles. The van der Waals surface area contributed by atoms with Crippen LogP contribution in [0.15, 0.2) is 59.0 Å². The largest absolute Gasteiger partial charge is 0.459 e. The van der Waals surface area contributed by atoms with Crippen LogP contribution in [0.3, 0.4) is 0 Å². The lowest BCUT2D eigenvalue weighted by molar-refractivity contribution is 0.444. The molecule has 0 spiro atoms. The summed E-state index contributed by atoms with van der Waals surface area (Å²) in [6, 6.07) is 19.5. The Balaban J connectivity index is 1.89. The number of nitrogens with one attached hydrogen (secondary N) is 1. The highest BCUT2D eigenvalue weighted by Crippen LogP contribution is 2.27. The number of furan rings is 1. The zero-order valence-corrected chi connectivity index (χ0v) is 12.6. The van der Waals surface area contributed by atoms with Gasteiger partial charge >= 0.3 is 0 Å². The average molecular weight is 279 g/mol. The van der Waals surface area contributed by atoms with Gasteiger partial charge in [0.1, 0.15) is 11.3 Å². The molecule has 0 bridgehead atoms. The molecule has 3 aromatic rings. The summed E-state index contributed by atoms with van der Waals surface area (Å²) in [5.74, 6) is 1.02. The summed E-state index contributed by atoms with van der Waals surface area (Å²) >= 11 is 0. The number of rotatable bonds is 5. The second kappa shape index (κ2) is 6.15. The van der Waals surface area contributed by atoms with Crippen molar-refractivity contribution in [3.05, 3.63) is 71.5 Å². The zero-order valence-electron chi connectivity index (χ0n) is 12.6. The van der Waals surface area contributed by atoms with Crippen LogP contribution in [0.4, 0.5) is 0 Å². The smallest absolute Gasteiger partial charge is 0.134 e. The molecule has 0 fully saturated rings. The minimum atomic E-state index is 0.287. The van der Waals surface area contributed by atoms with Gasteiger partial charge in [0, 0.05) is 5.39 Å². The molecular formula is C19H21NO. The molecule has 1 aromatic heterocycles. The maximum absolute atomic E-state index is 5.95. The van der Waals surface area contributed by atoms with Gasteiger partial charge in [-0.3, -0.25) is 0 Å². The molecule has 0 saturated heterocycles. The zero-order chi connectivity index (χ0) is 14.7. The SMILES string of the molecule is CCC(NC)c1cc2cc(Cc3ccccc3)ccc2o1. The van der Waals surface area contributed by atoms with Crippen molar-refractivity contribution >= 4 is 11.0 Å². The van der Waals surface area contributed by atoms with Gasteiger partial charge < -0.3 is 9.73 Å². The van der Waals surface area contributed by atoms with Gasteiger partial charge in [-0.25, -0.2) is 0 Å². The Morgan fingerprint density at radius 3 is 2.52 bits per heavy atom. The highest BCUT2D eigenvalue weighted by molar-refractivity contribution is 5.79. The van der Waals surface area contributed by atoms with Crippen molar-refractivity contribution in [3.63, 3.8) is 0 Å². The fourth-order valence-electron chi connectivity index (χ4n) is 2.77. The second-order valence-corrected chi connectivity index (χ2v) is 5.43. The minimum absolute atomic E-state index is 0.287. The summed E-state index contributed by atoms with van der Waals surface area (Å²) in [6.07, 6.45) is 1.98. The van der Waals surface area contributed by atoms with E-state index in [4.69, 9.17) is 4.42 Å². The van der Waals surface area contributed by atoms with E-state index in [1.165, 1.54) is 16.5 Å². The van der Waals surface area contributed by atoms with Crippen molar-refractivity contribution in [2.24, 2.45) is 0 Å². The standard InChI is InChI=1S/C19H21NO/c1-3-17(20-2)19-13-16-12-15(9-10-18(16)21-19)11-14-7-5-4-6-8-14/h4-10,12-13,17,20H,3,11H2,1-2H3. The van der Waals surface area contributed by atoms with E-state index in [0.29, 0.717) is 0 Å². The first kappa shape index (κ1) is 13.9. The summed E-state index contributed by atoms with van der Waals surface area (Å²) in [4.78, 5) is 0. The van der Waals surface area contributed by atoms with Crippen molar-refractivity contribution in [2.45, 2.75) is 25.8 Å². The minimum Gasteiger partial charge on any atom is -0.459 e. The maximum Gasteiger partial charge on any atom is 0.134 e. The average Bonchev–Trinajstić information content (AvgIpc) is 2.92. The quantitative estimate of drug-likeness (QED) is 0.732. The van der Waals surface area contributed by atoms with Crippen LogP contribution in [-0.4, -0.2) is 7.05 Å². The monoisotopic (exact) mass is 279 g/mol. The van der Waals surface area contributed by atoms with Crippen molar-refractivity contribution in [1.82, 2.24) is 5.32 Å². The molecule has 1 N–H and O–H groups in total. The third-order valence-corrected chi connectivity index (χ3v) is 3.95. The fraction of sp³-hybridized carbons (Fsp3) is 0.263. The predicted octanol–water partition coefficient (Wildman–Crippen LogP) is 4.69. The lowest BCUT2D eigenvalue weighted by Gasteiger charge is -2.09. The Morgan fingerprint density at radius 2 is 1.81 bits per heavy atom. The van der Waals surface area contributed by atoms with E-state index < -0.39 is 0 Å². The molecule has 0 amide bonds. The van der Waals surface area contributed by atoms with E-state index in [-0.39, 0.29) is 6.04 Å². The van der Waals surface area contributed by atoms with E-state index >= 15 is 0 Å². The van der Waals surface area contributed by atoms with Crippen LogP contribution < -0.4 is 5.32 Å². The molecular weight excluding hydrogens is 258 g/mol. The highest BCUT2D eigenvalue weighted by Gasteiger charge is 2.12. The molecule has 1 heterocycles. The number of hydrogen-bond acceptors (Lipinski definition) is 2. The van der Waals surface area contributed by atoms with Crippen molar-refractivity contribution in [3.8, 4) is 0 Å². The lowest BCUT2D eigenvalue weighted by atomic mass is 10.0. The second-order valence-electron chi connectivity index (χ2n) is 5.43. The van der Waals surface area contributed by atoms with Crippen LogP contribution in [0.25, 0.3) is 11.0 Å². The molecule has 2 nitrogen and oxygen atoms in total. The molecule has 1 atom stereocenters. The lowest BCUT2D eigenvalue weighted by Crippen LogP contribution is -2.14. The molecule has 2 heteroatoms. The molecule has 1 unspecified atom stereocenters. The van der Waals surface area contributed by atoms with Crippen LogP contribution in [-0.2, 0) is 6.42 Å². The van der Waals surface area contributed by atoms with Crippen LogP contribution in [0.2, 0.25) is 0 Å². The normalized spacial score (nSPS) is 12.7. The number of benzene rings is 2. The Hall–Kier alpha value is -2.06. The van der Waals surface area contributed by atoms with E-state index in [2.05, 4.69) is 66.8 Å². The first-order chi connectivity index (χ1) is 10.3. The number of hydrogen-bond donors (Lipinski definition) is 1. The van der Waals surface area contributed by atoms with E-state index in [1.807, 2.05) is 7.05 Å².